The molecule has 0 radical (unpaired) electrons. The van der Waals surface area contributed by atoms with Crippen LogP contribution in [0.15, 0.2) is 36.4 Å². The third-order valence-electron chi connectivity index (χ3n) is 3.40. The number of hydrogen-bond donors (Lipinski definition) is 1. The van der Waals surface area contributed by atoms with Crippen LogP contribution in [0.3, 0.4) is 0 Å². The molecule has 3 nitrogen and oxygen atoms in total. The van der Waals surface area contributed by atoms with E-state index in [4.69, 9.17) is 27.9 Å². The molecule has 0 saturated carbocycles. The Kier molecular flexibility index (Phi) is 4.48. The van der Waals surface area contributed by atoms with E-state index in [0.29, 0.717) is 20.7 Å². The van der Waals surface area contributed by atoms with E-state index < -0.39 is 0 Å². The van der Waals surface area contributed by atoms with Gasteiger partial charge < -0.3 is 10.1 Å². The first-order chi connectivity index (χ1) is 11.0. The minimum atomic E-state index is -0.253. The van der Waals surface area contributed by atoms with Gasteiger partial charge in [0.1, 0.15) is 15.6 Å². The molecule has 118 valence electrons. The van der Waals surface area contributed by atoms with Crippen molar-refractivity contribution in [3.05, 3.63) is 56.9 Å². The van der Waals surface area contributed by atoms with Gasteiger partial charge in [0.2, 0.25) is 0 Å². The SMILES string of the molecule is COc1ccc2c(Cl)c(C(=O)Nc3cccc(C)c3)sc2c1Cl. The smallest absolute Gasteiger partial charge is 0.267 e. The lowest BCUT2D eigenvalue weighted by Crippen LogP contribution is -2.10. The molecule has 0 unspecified atom stereocenters. The van der Waals surface area contributed by atoms with Crippen molar-refractivity contribution in [2.45, 2.75) is 6.92 Å². The van der Waals surface area contributed by atoms with Crippen LogP contribution in [0.5, 0.6) is 5.75 Å². The number of fused-ring (bicyclic) bond motifs is 1. The van der Waals surface area contributed by atoms with Crippen molar-refractivity contribution in [3.63, 3.8) is 0 Å². The Bertz CT molecular complexity index is 905. The molecule has 3 rings (SSSR count). The van der Waals surface area contributed by atoms with Crippen LogP contribution in [-0.4, -0.2) is 13.0 Å². The number of halogens is 2. The molecule has 0 saturated heterocycles. The van der Waals surface area contributed by atoms with Gasteiger partial charge in [-0.1, -0.05) is 35.3 Å². The van der Waals surface area contributed by atoms with Crippen LogP contribution in [-0.2, 0) is 0 Å². The van der Waals surface area contributed by atoms with E-state index in [0.717, 1.165) is 21.3 Å². The lowest BCUT2D eigenvalue weighted by molar-refractivity contribution is 0.103. The van der Waals surface area contributed by atoms with Gasteiger partial charge in [-0.25, -0.2) is 0 Å². The first-order valence-electron chi connectivity index (χ1n) is 6.83. The number of hydrogen-bond acceptors (Lipinski definition) is 3. The number of aryl methyl sites for hydroxylation is 1. The van der Waals surface area contributed by atoms with E-state index >= 15 is 0 Å². The van der Waals surface area contributed by atoms with Crippen LogP contribution >= 0.6 is 34.5 Å². The summed E-state index contributed by atoms with van der Waals surface area (Å²) < 4.78 is 5.94. The predicted octanol–water partition coefficient (Wildman–Crippen LogP) is 5.78. The van der Waals surface area contributed by atoms with Crippen LogP contribution in [0, 0.1) is 6.92 Å². The molecule has 1 N–H and O–H groups in total. The molecule has 6 heteroatoms. The molecular formula is C17H13Cl2NO2S. The summed E-state index contributed by atoms with van der Waals surface area (Å²) in [6.07, 6.45) is 0. The molecule has 3 aromatic rings. The highest BCUT2D eigenvalue weighted by atomic mass is 35.5. The Balaban J connectivity index is 2.01. The number of ether oxygens (including phenoxy) is 1. The Morgan fingerprint density at radius 3 is 2.65 bits per heavy atom. The Labute approximate surface area is 147 Å². The Morgan fingerprint density at radius 2 is 1.96 bits per heavy atom. The van der Waals surface area contributed by atoms with Crippen LogP contribution in [0.1, 0.15) is 15.2 Å². The Hall–Kier alpha value is -1.75. The topological polar surface area (TPSA) is 38.3 Å². The zero-order valence-corrected chi connectivity index (χ0v) is 14.8. The van der Waals surface area contributed by atoms with Gasteiger partial charge in [0.25, 0.3) is 5.91 Å². The van der Waals surface area contributed by atoms with Crippen molar-refractivity contribution in [2.75, 3.05) is 12.4 Å². The minimum absolute atomic E-state index is 0.253. The van der Waals surface area contributed by atoms with Gasteiger partial charge >= 0.3 is 0 Å². The monoisotopic (exact) mass is 365 g/mol. The quantitative estimate of drug-likeness (QED) is 0.638. The highest BCUT2D eigenvalue weighted by Gasteiger charge is 2.20. The maximum Gasteiger partial charge on any atom is 0.267 e. The van der Waals surface area contributed by atoms with Gasteiger partial charge in [-0.3, -0.25) is 4.79 Å². The number of carbonyl (C=O) groups excluding carboxylic acids is 1. The fourth-order valence-corrected chi connectivity index (χ4v) is 4.08. The highest BCUT2D eigenvalue weighted by Crippen LogP contribution is 2.43. The molecule has 0 atom stereocenters. The summed E-state index contributed by atoms with van der Waals surface area (Å²) >= 11 is 13.9. The summed E-state index contributed by atoms with van der Waals surface area (Å²) in [4.78, 5) is 13.0. The van der Waals surface area contributed by atoms with Crippen LogP contribution < -0.4 is 10.1 Å². The summed E-state index contributed by atoms with van der Waals surface area (Å²) in [6, 6.07) is 11.1. The van der Waals surface area contributed by atoms with Crippen LogP contribution in [0.4, 0.5) is 5.69 Å². The van der Waals surface area contributed by atoms with Gasteiger partial charge in [0.05, 0.1) is 16.8 Å². The van der Waals surface area contributed by atoms with Crippen molar-refractivity contribution in [2.24, 2.45) is 0 Å². The van der Waals surface area contributed by atoms with Gasteiger partial charge in [-0.15, -0.1) is 11.3 Å². The fourth-order valence-electron chi connectivity index (χ4n) is 2.29. The van der Waals surface area contributed by atoms with Crippen molar-refractivity contribution < 1.29 is 9.53 Å². The first-order valence-corrected chi connectivity index (χ1v) is 8.41. The van der Waals surface area contributed by atoms with Crippen LogP contribution in [0.25, 0.3) is 10.1 Å². The van der Waals surface area contributed by atoms with E-state index in [2.05, 4.69) is 5.32 Å². The van der Waals surface area contributed by atoms with E-state index in [9.17, 15) is 4.79 Å². The first kappa shape index (κ1) is 16.1. The van der Waals surface area contributed by atoms with Gasteiger partial charge in [0, 0.05) is 11.1 Å². The number of thiophene rings is 1. The molecule has 1 amide bonds. The Morgan fingerprint density at radius 1 is 1.17 bits per heavy atom. The summed E-state index contributed by atoms with van der Waals surface area (Å²) in [7, 11) is 1.55. The summed E-state index contributed by atoms with van der Waals surface area (Å²) in [5, 5.41) is 4.48. The molecule has 0 aliphatic heterocycles. The van der Waals surface area contributed by atoms with Crippen LogP contribution in [0.2, 0.25) is 10.0 Å². The van der Waals surface area contributed by atoms with Crippen molar-refractivity contribution in [1.82, 2.24) is 0 Å². The maximum absolute atomic E-state index is 12.5. The normalized spacial score (nSPS) is 10.8. The second-order valence-corrected chi connectivity index (χ2v) is 6.80. The molecule has 2 aromatic carbocycles. The third-order valence-corrected chi connectivity index (χ3v) is 5.62. The van der Waals surface area contributed by atoms with Crippen molar-refractivity contribution in [3.8, 4) is 5.75 Å². The summed E-state index contributed by atoms with van der Waals surface area (Å²) in [5.41, 5.74) is 1.80. The summed E-state index contributed by atoms with van der Waals surface area (Å²) in [6.45, 7) is 1.97. The standard InChI is InChI=1S/C17H13Cl2NO2S/c1-9-4-3-5-10(8-9)20-17(21)16-13(18)11-6-7-12(22-2)14(19)15(11)23-16/h3-8H,1-2H3,(H,20,21). The second kappa shape index (κ2) is 6.40. The highest BCUT2D eigenvalue weighted by molar-refractivity contribution is 7.22. The molecule has 0 bridgehead atoms. The number of carbonyl (C=O) groups is 1. The van der Waals surface area contributed by atoms with E-state index in [1.165, 1.54) is 11.3 Å². The van der Waals surface area contributed by atoms with Gasteiger partial charge in [-0.2, -0.15) is 0 Å². The average Bonchev–Trinajstić information content (AvgIpc) is 2.86. The molecule has 0 spiro atoms. The van der Waals surface area contributed by atoms with Gasteiger partial charge in [-0.05, 0) is 36.8 Å². The third kappa shape index (κ3) is 3.02. The zero-order chi connectivity index (χ0) is 16.6. The lowest BCUT2D eigenvalue weighted by Gasteiger charge is -2.04. The second-order valence-electron chi connectivity index (χ2n) is 5.03. The fraction of sp³-hybridized carbons (Fsp3) is 0.118. The number of benzene rings is 2. The molecule has 0 fully saturated rings. The molecule has 1 heterocycles. The molecular weight excluding hydrogens is 353 g/mol. The number of anilines is 1. The summed E-state index contributed by atoms with van der Waals surface area (Å²) in [5.74, 6) is 0.305. The average molecular weight is 366 g/mol. The predicted molar refractivity (Wildman–Crippen MR) is 97.5 cm³/mol. The number of nitrogens with one attached hydrogen (secondary N) is 1. The molecule has 1 aromatic heterocycles. The molecule has 23 heavy (non-hydrogen) atoms. The maximum atomic E-state index is 12.5. The van der Waals surface area contributed by atoms with Crippen molar-refractivity contribution in [1.29, 1.82) is 0 Å². The number of amides is 1. The largest absolute Gasteiger partial charge is 0.495 e. The number of rotatable bonds is 3. The number of methoxy groups -OCH3 is 1. The van der Waals surface area contributed by atoms with Crippen molar-refractivity contribution >= 4 is 56.2 Å². The van der Waals surface area contributed by atoms with E-state index in [1.54, 1.807) is 13.2 Å². The zero-order valence-electron chi connectivity index (χ0n) is 12.4. The molecule has 0 aliphatic carbocycles. The van der Waals surface area contributed by atoms with E-state index in [1.807, 2.05) is 37.3 Å². The minimum Gasteiger partial charge on any atom is -0.495 e. The van der Waals surface area contributed by atoms with Gasteiger partial charge in [0.15, 0.2) is 0 Å². The van der Waals surface area contributed by atoms with E-state index in [-0.39, 0.29) is 5.91 Å². The lowest BCUT2D eigenvalue weighted by atomic mass is 10.2. The molecule has 0 aliphatic rings.